The van der Waals surface area contributed by atoms with Crippen LogP contribution in [0.3, 0.4) is 0 Å². The number of imidazole rings is 1. The molecule has 7 rings (SSSR count). The summed E-state index contributed by atoms with van der Waals surface area (Å²) in [5.74, 6) is 1.27. The first kappa shape index (κ1) is 27.0. The highest BCUT2D eigenvalue weighted by molar-refractivity contribution is 7.23. The number of amides is 1. The summed E-state index contributed by atoms with van der Waals surface area (Å²) in [5.41, 5.74) is 0.748. The molecule has 4 aromatic rings. The van der Waals surface area contributed by atoms with Gasteiger partial charge in [-0.1, -0.05) is 30.3 Å². The molecule has 9 heteroatoms. The van der Waals surface area contributed by atoms with Crippen molar-refractivity contribution in [3.05, 3.63) is 48.4 Å². The van der Waals surface area contributed by atoms with Crippen molar-refractivity contribution in [1.29, 1.82) is 0 Å². The lowest BCUT2D eigenvalue weighted by Gasteiger charge is -2.35. The molecule has 214 valence electrons. The first-order valence-electron chi connectivity index (χ1n) is 14.7. The van der Waals surface area contributed by atoms with Crippen LogP contribution in [0.2, 0.25) is 0 Å². The second-order valence-corrected chi connectivity index (χ2v) is 15.0. The Labute approximate surface area is 245 Å². The molecule has 7 nitrogen and oxygen atoms in total. The molecule has 1 aliphatic carbocycles. The van der Waals surface area contributed by atoms with Crippen LogP contribution < -0.4 is 5.46 Å². The van der Waals surface area contributed by atoms with Crippen molar-refractivity contribution in [3.63, 3.8) is 0 Å². The van der Waals surface area contributed by atoms with Crippen LogP contribution in [0.25, 0.3) is 31.4 Å². The minimum absolute atomic E-state index is 0.0686. The third kappa shape index (κ3) is 4.48. The van der Waals surface area contributed by atoms with Crippen LogP contribution in [0.1, 0.15) is 79.6 Å². The van der Waals surface area contributed by atoms with E-state index in [9.17, 15) is 4.79 Å². The number of fused-ring (bicyclic) bond motifs is 5. The zero-order chi connectivity index (χ0) is 28.9. The van der Waals surface area contributed by atoms with Crippen molar-refractivity contribution in [2.24, 2.45) is 5.92 Å². The van der Waals surface area contributed by atoms with Gasteiger partial charge in [0.2, 0.25) is 0 Å². The van der Waals surface area contributed by atoms with E-state index in [0.717, 1.165) is 41.1 Å². The number of rotatable bonds is 3. The van der Waals surface area contributed by atoms with Gasteiger partial charge in [0, 0.05) is 10.7 Å². The van der Waals surface area contributed by atoms with Crippen molar-refractivity contribution in [3.8, 4) is 10.6 Å². The lowest BCUT2D eigenvalue weighted by atomic mass is 9.78. The van der Waals surface area contributed by atoms with Gasteiger partial charge in [-0.25, -0.2) is 9.78 Å². The van der Waals surface area contributed by atoms with Gasteiger partial charge in [-0.2, -0.15) is 0 Å². The molecule has 3 atom stereocenters. The Bertz CT molecular complexity index is 1650. The van der Waals surface area contributed by atoms with Crippen LogP contribution in [-0.4, -0.2) is 50.9 Å². The Morgan fingerprint density at radius 3 is 2.54 bits per heavy atom. The summed E-state index contributed by atoms with van der Waals surface area (Å²) in [4.78, 5) is 24.6. The molecule has 1 saturated carbocycles. The van der Waals surface area contributed by atoms with Crippen LogP contribution >= 0.6 is 11.3 Å². The normalized spacial score (nSPS) is 25.1. The number of nitrogens with one attached hydrogen (secondary N) is 1. The molecule has 3 fully saturated rings. The van der Waals surface area contributed by atoms with Crippen molar-refractivity contribution >= 4 is 50.9 Å². The summed E-state index contributed by atoms with van der Waals surface area (Å²) in [6.45, 7) is 14.1. The van der Waals surface area contributed by atoms with Gasteiger partial charge >= 0.3 is 13.2 Å². The number of piperidine rings is 1. The number of H-pyrrole nitrogens is 1. The first-order valence-corrected chi connectivity index (χ1v) is 15.5. The van der Waals surface area contributed by atoms with E-state index in [1.807, 2.05) is 31.9 Å². The number of carbonyl (C=O) groups is 1. The Morgan fingerprint density at radius 1 is 1.07 bits per heavy atom. The summed E-state index contributed by atoms with van der Waals surface area (Å²) in [6.07, 6.45) is 4.85. The maximum absolute atomic E-state index is 13.2. The maximum atomic E-state index is 13.2. The number of aromatic amines is 1. The Hall–Kier alpha value is -2.88. The number of thiophene rings is 1. The van der Waals surface area contributed by atoms with Gasteiger partial charge in [-0.05, 0) is 101 Å². The number of ether oxygens (including phenoxy) is 1. The molecule has 2 saturated heterocycles. The third-order valence-electron chi connectivity index (χ3n) is 9.38. The van der Waals surface area contributed by atoms with E-state index in [2.05, 4.69) is 69.1 Å². The number of carbonyl (C=O) groups excluding carboxylic acids is 1. The highest BCUT2D eigenvalue weighted by Crippen LogP contribution is 2.50. The van der Waals surface area contributed by atoms with Crippen molar-refractivity contribution in [2.45, 2.75) is 96.6 Å². The highest BCUT2D eigenvalue weighted by atomic mass is 32.1. The van der Waals surface area contributed by atoms with Crippen LogP contribution in [0, 0.1) is 5.92 Å². The minimum atomic E-state index is -0.525. The predicted molar refractivity (Wildman–Crippen MR) is 165 cm³/mol. The molecule has 0 unspecified atom stereocenters. The molecule has 4 heterocycles. The van der Waals surface area contributed by atoms with Gasteiger partial charge in [0.15, 0.2) is 0 Å². The van der Waals surface area contributed by atoms with Gasteiger partial charge in [-0.3, -0.25) is 4.90 Å². The van der Waals surface area contributed by atoms with E-state index in [4.69, 9.17) is 19.0 Å². The van der Waals surface area contributed by atoms with Crippen molar-refractivity contribution in [1.82, 2.24) is 14.9 Å². The topological polar surface area (TPSA) is 76.7 Å². The fraction of sp³-hybridized carbons (Fsp3) is 0.500. The first-order chi connectivity index (χ1) is 19.3. The number of nitrogens with zero attached hydrogens (tertiary/aromatic N) is 2. The van der Waals surface area contributed by atoms with E-state index >= 15 is 0 Å². The van der Waals surface area contributed by atoms with Gasteiger partial charge in [0.1, 0.15) is 11.4 Å². The number of hydrogen-bond acceptors (Lipinski definition) is 6. The molecule has 41 heavy (non-hydrogen) atoms. The van der Waals surface area contributed by atoms with Gasteiger partial charge in [0.05, 0.1) is 34.0 Å². The fourth-order valence-corrected chi connectivity index (χ4v) is 7.79. The standard InChI is InChI=1S/C32H38BN3O4S/c1-30(2,3)38-29(37)36-22-12-10-19(15-22)26(36)28-34-17-24(35-28)25-16-20-9-8-18-14-21(11-13-23(18)27(20)41-25)33-39-31(4,5)32(6,7)40-33/h8-9,11,13-14,16-17,19,22,26H,10,12,15H2,1-7H3,(H,34,35)/t19-,22+,26-/m0/s1. The lowest BCUT2D eigenvalue weighted by Crippen LogP contribution is -2.43. The van der Waals surface area contributed by atoms with Crippen molar-refractivity contribution < 1.29 is 18.8 Å². The van der Waals surface area contributed by atoms with Gasteiger partial charge in [-0.15, -0.1) is 11.3 Å². The highest BCUT2D eigenvalue weighted by Gasteiger charge is 2.52. The van der Waals surface area contributed by atoms with E-state index in [-0.39, 0.29) is 36.5 Å². The molecule has 1 N–H and O–H groups in total. The van der Waals surface area contributed by atoms with Crippen molar-refractivity contribution in [2.75, 3.05) is 0 Å². The van der Waals surface area contributed by atoms with Crippen LogP contribution in [0.15, 0.2) is 42.6 Å². The maximum Gasteiger partial charge on any atom is 0.494 e. The number of aromatic nitrogens is 2. The molecule has 2 bridgehead atoms. The molecular formula is C32H38BN3O4S. The molecular weight excluding hydrogens is 533 g/mol. The quantitative estimate of drug-likeness (QED) is 0.263. The smallest absolute Gasteiger partial charge is 0.444 e. The number of hydrogen-bond donors (Lipinski definition) is 1. The van der Waals surface area contributed by atoms with Crippen LogP contribution in [-0.2, 0) is 14.0 Å². The molecule has 1 amide bonds. The van der Waals surface area contributed by atoms with E-state index in [1.54, 1.807) is 11.3 Å². The van der Waals surface area contributed by atoms with Crippen LogP contribution in [0.5, 0.6) is 0 Å². The lowest BCUT2D eigenvalue weighted by molar-refractivity contribution is 0.00578. The Balaban J connectivity index is 1.18. The van der Waals surface area contributed by atoms with Crippen LogP contribution in [0.4, 0.5) is 4.79 Å². The molecule has 2 aliphatic heterocycles. The van der Waals surface area contributed by atoms with E-state index < -0.39 is 5.60 Å². The summed E-state index contributed by atoms with van der Waals surface area (Å²) < 4.78 is 19.6. The summed E-state index contributed by atoms with van der Waals surface area (Å²) >= 11 is 1.76. The number of benzene rings is 2. The molecule has 0 radical (unpaired) electrons. The monoisotopic (exact) mass is 571 g/mol. The second kappa shape index (κ2) is 9.06. The SMILES string of the molecule is CC(C)(C)OC(=O)N1[C@@H]2CC[C@@H](C2)[C@H]1c1ncc(-c2cc3ccc4cc(B5OC(C)(C)C(C)(C)O5)ccc4c3s2)[nH]1. The summed E-state index contributed by atoms with van der Waals surface area (Å²) in [5, 5.41) is 3.58. The summed E-state index contributed by atoms with van der Waals surface area (Å²) in [6, 6.07) is 13.2. The minimum Gasteiger partial charge on any atom is -0.444 e. The summed E-state index contributed by atoms with van der Waals surface area (Å²) in [7, 11) is -0.381. The van der Waals surface area contributed by atoms with Gasteiger partial charge in [0.25, 0.3) is 0 Å². The molecule has 2 aromatic heterocycles. The Morgan fingerprint density at radius 2 is 1.80 bits per heavy atom. The average Bonchev–Trinajstić information content (AvgIpc) is 3.70. The molecule has 0 spiro atoms. The number of likely N-dealkylation sites (tertiary alicyclic amines) is 1. The average molecular weight is 572 g/mol. The predicted octanol–water partition coefficient (Wildman–Crippen LogP) is 7.20. The molecule has 2 aromatic carbocycles. The largest absolute Gasteiger partial charge is 0.494 e. The van der Waals surface area contributed by atoms with Gasteiger partial charge < -0.3 is 19.0 Å². The molecule has 3 aliphatic rings. The van der Waals surface area contributed by atoms with E-state index in [0.29, 0.717) is 5.92 Å². The third-order valence-corrected chi connectivity index (χ3v) is 10.6. The fourth-order valence-electron chi connectivity index (χ4n) is 6.63. The van der Waals surface area contributed by atoms with E-state index in [1.165, 1.54) is 20.9 Å². The Kier molecular flexibility index (Phi) is 5.96. The zero-order valence-electron chi connectivity index (χ0n) is 24.9. The zero-order valence-corrected chi connectivity index (χ0v) is 25.7. The second-order valence-electron chi connectivity index (χ2n) is 13.9.